The van der Waals surface area contributed by atoms with Crippen LogP contribution >= 0.6 is 0 Å². The molecule has 2 unspecified atom stereocenters. The van der Waals surface area contributed by atoms with Gasteiger partial charge in [0.05, 0.1) is 12.2 Å². The number of hydrogen-bond donors (Lipinski definition) is 0. The van der Waals surface area contributed by atoms with Crippen LogP contribution in [0.2, 0.25) is 0 Å². The number of rotatable bonds is 1. The number of aromatic nitrogens is 2. The highest BCUT2D eigenvalue weighted by molar-refractivity contribution is 5.69. The van der Waals surface area contributed by atoms with Crippen LogP contribution in [0.4, 0.5) is 4.79 Å². The third-order valence-corrected chi connectivity index (χ3v) is 4.42. The van der Waals surface area contributed by atoms with E-state index in [0.717, 1.165) is 25.7 Å². The zero-order chi connectivity index (χ0) is 15.2. The van der Waals surface area contributed by atoms with E-state index in [1.54, 1.807) is 0 Å². The first-order valence-corrected chi connectivity index (χ1v) is 7.85. The van der Waals surface area contributed by atoms with E-state index >= 15 is 0 Å². The molecular formula is C16H25N3O2. The van der Waals surface area contributed by atoms with Crippen molar-refractivity contribution in [1.29, 1.82) is 0 Å². The van der Waals surface area contributed by atoms with Gasteiger partial charge in [0, 0.05) is 18.3 Å². The molecule has 3 heterocycles. The van der Waals surface area contributed by atoms with Gasteiger partial charge in [0.1, 0.15) is 5.60 Å². The van der Waals surface area contributed by atoms with Gasteiger partial charge in [-0.15, -0.1) is 0 Å². The van der Waals surface area contributed by atoms with Crippen LogP contribution in [0.25, 0.3) is 0 Å². The summed E-state index contributed by atoms with van der Waals surface area (Å²) in [6.45, 7) is 7.83. The third-order valence-electron chi connectivity index (χ3n) is 4.42. The summed E-state index contributed by atoms with van der Waals surface area (Å²) in [7, 11) is 0. The third kappa shape index (κ3) is 2.92. The molecule has 3 rings (SSSR count). The quantitative estimate of drug-likeness (QED) is 0.797. The molecule has 0 aromatic carbocycles. The fraction of sp³-hybridized carbons (Fsp3) is 0.750. The topological polar surface area (TPSA) is 47.4 Å². The number of carbonyl (C=O) groups excluding carboxylic acids is 1. The number of aryl methyl sites for hydroxylation is 1. The normalized spacial score (nSPS) is 28.8. The molecule has 1 aromatic heterocycles. The van der Waals surface area contributed by atoms with Crippen molar-refractivity contribution < 1.29 is 9.53 Å². The molecule has 0 aliphatic carbocycles. The lowest BCUT2D eigenvalue weighted by atomic mass is 9.98. The smallest absolute Gasteiger partial charge is 0.410 e. The number of hydrogen-bond acceptors (Lipinski definition) is 3. The zero-order valence-corrected chi connectivity index (χ0v) is 13.4. The second kappa shape index (κ2) is 5.04. The Morgan fingerprint density at radius 1 is 1.24 bits per heavy atom. The molecule has 5 nitrogen and oxygen atoms in total. The van der Waals surface area contributed by atoms with Crippen molar-refractivity contribution in [2.24, 2.45) is 0 Å². The SMILES string of the molecule is Cc1cnn(C2CC3CCC(C2)N3C(=O)OC(C)(C)C)c1. The van der Waals surface area contributed by atoms with Crippen LogP contribution in [-0.4, -0.2) is 38.5 Å². The Balaban J connectivity index is 1.71. The number of piperidine rings is 1. The van der Waals surface area contributed by atoms with Crippen LogP contribution in [0.3, 0.4) is 0 Å². The van der Waals surface area contributed by atoms with Crippen LogP contribution in [-0.2, 0) is 4.74 Å². The summed E-state index contributed by atoms with van der Waals surface area (Å²) in [6, 6.07) is 1.01. The van der Waals surface area contributed by atoms with Gasteiger partial charge in [0.15, 0.2) is 0 Å². The van der Waals surface area contributed by atoms with E-state index in [-0.39, 0.29) is 6.09 Å². The van der Waals surface area contributed by atoms with Crippen LogP contribution in [0.1, 0.15) is 58.1 Å². The van der Waals surface area contributed by atoms with Crippen LogP contribution in [0.15, 0.2) is 12.4 Å². The average molecular weight is 291 g/mol. The van der Waals surface area contributed by atoms with Gasteiger partial charge in [-0.3, -0.25) is 4.68 Å². The van der Waals surface area contributed by atoms with Crippen LogP contribution in [0, 0.1) is 6.92 Å². The van der Waals surface area contributed by atoms with Crippen molar-refractivity contribution in [2.45, 2.75) is 77.1 Å². The molecule has 2 bridgehead atoms. The summed E-state index contributed by atoms with van der Waals surface area (Å²) < 4.78 is 7.64. The average Bonchev–Trinajstić information content (AvgIpc) is 2.89. The Kier molecular flexibility index (Phi) is 3.46. The van der Waals surface area contributed by atoms with E-state index in [1.165, 1.54) is 5.56 Å². The molecule has 2 aliphatic heterocycles. The molecule has 0 saturated carbocycles. The fourth-order valence-corrected chi connectivity index (χ4v) is 3.61. The zero-order valence-electron chi connectivity index (χ0n) is 13.4. The summed E-state index contributed by atoms with van der Waals surface area (Å²) in [5.41, 5.74) is 0.767. The minimum atomic E-state index is -0.424. The summed E-state index contributed by atoms with van der Waals surface area (Å²) in [6.07, 6.45) is 8.00. The monoisotopic (exact) mass is 291 g/mol. The molecule has 21 heavy (non-hydrogen) atoms. The summed E-state index contributed by atoms with van der Waals surface area (Å²) in [5, 5.41) is 4.45. The molecule has 1 aromatic rings. The van der Waals surface area contributed by atoms with Gasteiger partial charge in [-0.25, -0.2) is 4.79 Å². The Labute approximate surface area is 126 Å². The molecule has 0 spiro atoms. The Hall–Kier alpha value is -1.52. The molecule has 2 atom stereocenters. The van der Waals surface area contributed by atoms with E-state index in [0.29, 0.717) is 18.1 Å². The minimum absolute atomic E-state index is 0.148. The molecule has 0 N–H and O–H groups in total. The lowest BCUT2D eigenvalue weighted by molar-refractivity contribution is 0.00231. The molecule has 116 valence electrons. The Morgan fingerprint density at radius 2 is 1.86 bits per heavy atom. The van der Waals surface area contributed by atoms with Crippen LogP contribution < -0.4 is 0 Å². The number of nitrogens with zero attached hydrogens (tertiary/aromatic N) is 3. The molecule has 0 radical (unpaired) electrons. The van der Waals surface area contributed by atoms with E-state index in [4.69, 9.17) is 4.74 Å². The molecule has 1 amide bonds. The minimum Gasteiger partial charge on any atom is -0.444 e. The summed E-state index contributed by atoms with van der Waals surface area (Å²) >= 11 is 0. The predicted octanol–water partition coefficient (Wildman–Crippen LogP) is 3.29. The lowest BCUT2D eigenvalue weighted by Crippen LogP contribution is -2.48. The number of ether oxygens (including phenoxy) is 1. The second-order valence-corrected chi connectivity index (χ2v) is 7.40. The number of fused-ring (bicyclic) bond motifs is 2. The van der Waals surface area contributed by atoms with Crippen LogP contribution in [0.5, 0.6) is 0 Å². The van der Waals surface area contributed by atoms with E-state index in [1.807, 2.05) is 31.9 Å². The maximum Gasteiger partial charge on any atom is 0.410 e. The van der Waals surface area contributed by atoms with E-state index in [9.17, 15) is 4.79 Å². The van der Waals surface area contributed by atoms with Crippen molar-refractivity contribution in [3.05, 3.63) is 18.0 Å². The van der Waals surface area contributed by atoms with Gasteiger partial charge in [-0.05, 0) is 58.9 Å². The fourth-order valence-electron chi connectivity index (χ4n) is 3.61. The highest BCUT2D eigenvalue weighted by atomic mass is 16.6. The number of amides is 1. The Morgan fingerprint density at radius 3 is 2.33 bits per heavy atom. The first-order valence-electron chi connectivity index (χ1n) is 7.85. The van der Waals surface area contributed by atoms with Gasteiger partial charge >= 0.3 is 6.09 Å². The van der Waals surface area contributed by atoms with E-state index < -0.39 is 5.60 Å². The molecule has 2 fully saturated rings. The first-order chi connectivity index (χ1) is 9.83. The molecule has 5 heteroatoms. The number of carbonyl (C=O) groups is 1. The van der Waals surface area contributed by atoms with E-state index in [2.05, 4.69) is 22.9 Å². The molecule has 2 saturated heterocycles. The van der Waals surface area contributed by atoms with Gasteiger partial charge in [-0.1, -0.05) is 0 Å². The first kappa shape index (κ1) is 14.4. The molecule has 2 aliphatic rings. The van der Waals surface area contributed by atoms with Crippen molar-refractivity contribution in [3.63, 3.8) is 0 Å². The summed E-state index contributed by atoms with van der Waals surface area (Å²) in [5.74, 6) is 0. The standard InChI is InChI=1S/C16H25N3O2/c1-11-9-17-18(10-11)14-7-12-5-6-13(8-14)19(12)15(20)21-16(2,3)4/h9-10,12-14H,5-8H2,1-4H3. The maximum absolute atomic E-state index is 12.4. The van der Waals surface area contributed by atoms with Crippen molar-refractivity contribution in [1.82, 2.24) is 14.7 Å². The van der Waals surface area contributed by atoms with Gasteiger partial charge in [0.2, 0.25) is 0 Å². The second-order valence-electron chi connectivity index (χ2n) is 7.40. The van der Waals surface area contributed by atoms with Gasteiger partial charge < -0.3 is 9.64 Å². The highest BCUT2D eigenvalue weighted by Crippen LogP contribution is 2.41. The van der Waals surface area contributed by atoms with Crippen molar-refractivity contribution >= 4 is 6.09 Å². The van der Waals surface area contributed by atoms with Gasteiger partial charge in [0.25, 0.3) is 0 Å². The Bertz CT molecular complexity index is 518. The van der Waals surface area contributed by atoms with Crippen molar-refractivity contribution in [3.8, 4) is 0 Å². The molecular weight excluding hydrogens is 266 g/mol. The largest absolute Gasteiger partial charge is 0.444 e. The maximum atomic E-state index is 12.4. The summed E-state index contributed by atoms with van der Waals surface area (Å²) in [4.78, 5) is 14.4. The predicted molar refractivity (Wildman–Crippen MR) is 80.1 cm³/mol. The van der Waals surface area contributed by atoms with Crippen molar-refractivity contribution in [2.75, 3.05) is 0 Å². The lowest BCUT2D eigenvalue weighted by Gasteiger charge is -2.39. The highest BCUT2D eigenvalue weighted by Gasteiger charge is 2.45. The van der Waals surface area contributed by atoms with Gasteiger partial charge in [-0.2, -0.15) is 5.10 Å².